The highest BCUT2D eigenvalue weighted by Crippen LogP contribution is 2.23. The lowest BCUT2D eigenvalue weighted by Crippen LogP contribution is -2.50. The third-order valence-electron chi connectivity index (χ3n) is 3.65. The van der Waals surface area contributed by atoms with Gasteiger partial charge in [0, 0.05) is 6.61 Å². The van der Waals surface area contributed by atoms with E-state index < -0.39 is 5.54 Å². The predicted molar refractivity (Wildman–Crippen MR) is 88.4 cm³/mol. The van der Waals surface area contributed by atoms with Crippen molar-refractivity contribution >= 4 is 0 Å². The van der Waals surface area contributed by atoms with E-state index in [-0.39, 0.29) is 12.0 Å². The maximum atomic E-state index is 9.97. The fourth-order valence-corrected chi connectivity index (χ4v) is 2.18. The Morgan fingerprint density at radius 1 is 1.14 bits per heavy atom. The molecule has 0 saturated carbocycles. The first kappa shape index (κ1) is 18.1. The quantitative estimate of drug-likeness (QED) is 0.686. The zero-order valence-corrected chi connectivity index (χ0v) is 14.0. The molecule has 1 unspecified atom stereocenters. The van der Waals surface area contributed by atoms with Crippen molar-refractivity contribution in [2.24, 2.45) is 5.41 Å². The number of hydrogen-bond donors (Lipinski definition) is 2. The minimum atomic E-state index is -0.505. The van der Waals surface area contributed by atoms with E-state index in [9.17, 15) is 5.11 Å². The number of ether oxygens (including phenoxy) is 1. The second kappa shape index (κ2) is 8.52. The lowest BCUT2D eigenvalue weighted by atomic mass is 9.90. The third kappa shape index (κ3) is 6.16. The Morgan fingerprint density at radius 3 is 2.33 bits per heavy atom. The zero-order chi connectivity index (χ0) is 15.8. The second-order valence-corrected chi connectivity index (χ2v) is 6.90. The summed E-state index contributed by atoms with van der Waals surface area (Å²) < 4.78 is 5.90. The average molecular weight is 293 g/mol. The van der Waals surface area contributed by atoms with Gasteiger partial charge in [-0.1, -0.05) is 58.0 Å². The molecular weight excluding hydrogens is 262 g/mol. The van der Waals surface area contributed by atoms with Crippen LogP contribution in [0.2, 0.25) is 0 Å². The van der Waals surface area contributed by atoms with Gasteiger partial charge in [-0.2, -0.15) is 0 Å². The average Bonchev–Trinajstić information content (AvgIpc) is 2.47. The molecule has 0 radical (unpaired) electrons. The lowest BCUT2D eigenvalue weighted by Gasteiger charge is -2.34. The third-order valence-corrected chi connectivity index (χ3v) is 3.65. The van der Waals surface area contributed by atoms with Crippen molar-refractivity contribution in [3.05, 3.63) is 35.9 Å². The Balaban J connectivity index is 2.72. The van der Waals surface area contributed by atoms with Crippen LogP contribution in [0, 0.1) is 5.41 Å². The van der Waals surface area contributed by atoms with Gasteiger partial charge in [0.15, 0.2) is 0 Å². The number of nitrogens with one attached hydrogen (secondary N) is 1. The molecule has 0 aliphatic carbocycles. The molecule has 0 aromatic heterocycles. The van der Waals surface area contributed by atoms with Crippen LogP contribution in [0.5, 0.6) is 0 Å². The molecule has 3 heteroatoms. The molecule has 0 spiro atoms. The normalized spacial score (nSPS) is 14.9. The highest BCUT2D eigenvalue weighted by molar-refractivity contribution is 5.25. The van der Waals surface area contributed by atoms with E-state index in [2.05, 4.69) is 33.0 Å². The number of hydrogen-bond acceptors (Lipinski definition) is 3. The van der Waals surface area contributed by atoms with Crippen molar-refractivity contribution in [3.63, 3.8) is 0 Å². The van der Waals surface area contributed by atoms with Crippen LogP contribution in [-0.4, -0.2) is 31.5 Å². The molecule has 0 fully saturated rings. The van der Waals surface area contributed by atoms with Crippen LogP contribution in [0.25, 0.3) is 0 Å². The maximum Gasteiger partial charge on any atom is 0.0905 e. The largest absolute Gasteiger partial charge is 0.394 e. The smallest absolute Gasteiger partial charge is 0.0905 e. The highest BCUT2D eigenvalue weighted by atomic mass is 16.5. The minimum absolute atomic E-state index is 0.0343. The van der Waals surface area contributed by atoms with Crippen molar-refractivity contribution in [2.75, 3.05) is 26.4 Å². The molecule has 1 atom stereocenters. The topological polar surface area (TPSA) is 41.5 Å². The summed E-state index contributed by atoms with van der Waals surface area (Å²) in [7, 11) is 0. The summed E-state index contributed by atoms with van der Waals surface area (Å²) in [6, 6.07) is 10.1. The molecule has 0 heterocycles. The van der Waals surface area contributed by atoms with Crippen molar-refractivity contribution in [1.82, 2.24) is 5.32 Å². The standard InChI is InChI=1S/C18H31NO2/c1-5-12-19-18(14-20,16-9-7-6-8-10-16)15-21-13-11-17(2,3)4/h6-10,19-20H,5,11-15H2,1-4H3. The molecule has 0 aliphatic heterocycles. The van der Waals surface area contributed by atoms with Crippen LogP contribution in [-0.2, 0) is 10.3 Å². The van der Waals surface area contributed by atoms with Crippen molar-refractivity contribution in [1.29, 1.82) is 0 Å². The first-order chi connectivity index (χ1) is 9.93. The van der Waals surface area contributed by atoms with Crippen molar-refractivity contribution in [2.45, 2.75) is 46.1 Å². The highest BCUT2D eigenvalue weighted by Gasteiger charge is 2.31. The molecule has 3 nitrogen and oxygen atoms in total. The van der Waals surface area contributed by atoms with Crippen LogP contribution in [0.4, 0.5) is 0 Å². The van der Waals surface area contributed by atoms with E-state index in [0.29, 0.717) is 13.2 Å². The van der Waals surface area contributed by atoms with Gasteiger partial charge in [0.1, 0.15) is 0 Å². The van der Waals surface area contributed by atoms with Crippen LogP contribution in [0.1, 0.15) is 46.1 Å². The van der Waals surface area contributed by atoms with E-state index in [0.717, 1.165) is 24.9 Å². The monoisotopic (exact) mass is 293 g/mol. The van der Waals surface area contributed by atoms with E-state index in [1.54, 1.807) is 0 Å². The molecule has 0 aliphatic rings. The summed E-state index contributed by atoms with van der Waals surface area (Å²) in [5.41, 5.74) is 0.845. The summed E-state index contributed by atoms with van der Waals surface area (Å²) in [6.07, 6.45) is 2.04. The van der Waals surface area contributed by atoms with Gasteiger partial charge >= 0.3 is 0 Å². The molecule has 120 valence electrons. The molecular formula is C18H31NO2. The number of benzene rings is 1. The molecule has 2 N–H and O–H groups in total. The number of aliphatic hydroxyl groups is 1. The van der Waals surface area contributed by atoms with Crippen LogP contribution in [0.3, 0.4) is 0 Å². The molecule has 1 aromatic carbocycles. The van der Waals surface area contributed by atoms with Gasteiger partial charge in [-0.3, -0.25) is 0 Å². The van der Waals surface area contributed by atoms with E-state index in [1.165, 1.54) is 0 Å². The predicted octanol–water partition coefficient (Wildman–Crippen LogP) is 3.33. The van der Waals surface area contributed by atoms with E-state index in [1.807, 2.05) is 30.3 Å². The molecule has 0 saturated heterocycles. The summed E-state index contributed by atoms with van der Waals surface area (Å²) in [5, 5.41) is 13.4. The van der Waals surface area contributed by atoms with Gasteiger partial charge in [-0.15, -0.1) is 0 Å². The Bertz CT molecular complexity index is 386. The summed E-state index contributed by atoms with van der Waals surface area (Å²) in [5.74, 6) is 0. The molecule has 1 aromatic rings. The Labute approximate surface area is 129 Å². The van der Waals surface area contributed by atoms with Gasteiger partial charge in [0.05, 0.1) is 18.8 Å². The van der Waals surface area contributed by atoms with Gasteiger partial charge in [0.2, 0.25) is 0 Å². The molecule has 0 bridgehead atoms. The molecule has 21 heavy (non-hydrogen) atoms. The van der Waals surface area contributed by atoms with Gasteiger partial charge < -0.3 is 15.2 Å². The van der Waals surface area contributed by atoms with Gasteiger partial charge in [-0.05, 0) is 30.4 Å². The molecule has 1 rings (SSSR count). The second-order valence-electron chi connectivity index (χ2n) is 6.90. The van der Waals surface area contributed by atoms with Crippen LogP contribution < -0.4 is 5.32 Å². The van der Waals surface area contributed by atoms with Crippen molar-refractivity contribution < 1.29 is 9.84 Å². The Morgan fingerprint density at radius 2 is 1.81 bits per heavy atom. The Hall–Kier alpha value is -0.900. The lowest BCUT2D eigenvalue weighted by molar-refractivity contribution is 0.0241. The summed E-state index contributed by atoms with van der Waals surface area (Å²) in [6.45, 7) is 10.9. The number of aliphatic hydroxyl groups excluding tert-OH is 1. The van der Waals surface area contributed by atoms with Crippen molar-refractivity contribution in [3.8, 4) is 0 Å². The number of rotatable bonds is 9. The Kier molecular flexibility index (Phi) is 7.36. The van der Waals surface area contributed by atoms with Crippen LogP contribution >= 0.6 is 0 Å². The zero-order valence-electron chi connectivity index (χ0n) is 14.0. The molecule has 0 amide bonds. The first-order valence-electron chi connectivity index (χ1n) is 7.93. The van der Waals surface area contributed by atoms with E-state index >= 15 is 0 Å². The summed E-state index contributed by atoms with van der Waals surface area (Å²) in [4.78, 5) is 0. The fraction of sp³-hybridized carbons (Fsp3) is 0.667. The minimum Gasteiger partial charge on any atom is -0.394 e. The van der Waals surface area contributed by atoms with Crippen LogP contribution in [0.15, 0.2) is 30.3 Å². The SMILES string of the molecule is CCCNC(CO)(COCCC(C)(C)C)c1ccccc1. The summed E-state index contributed by atoms with van der Waals surface area (Å²) >= 11 is 0. The maximum absolute atomic E-state index is 9.97. The van der Waals surface area contributed by atoms with Gasteiger partial charge in [-0.25, -0.2) is 0 Å². The van der Waals surface area contributed by atoms with Gasteiger partial charge in [0.25, 0.3) is 0 Å². The van der Waals surface area contributed by atoms with E-state index in [4.69, 9.17) is 4.74 Å². The first-order valence-corrected chi connectivity index (χ1v) is 7.93. The fourth-order valence-electron chi connectivity index (χ4n) is 2.18.